The topological polar surface area (TPSA) is 77.5 Å². The standard InChI is InChI=1S/C19H21N7/c1-2-15-18-16(11-26(12-23-18)25-13-3-7-20-8-4-13)14-5-9-21-10-17(14)24-19(15)22-6-1/h1-2,5-6,9-10,12-13,20,25H,3-4,7-8,11H2,(H,22,24). The fourth-order valence-electron chi connectivity index (χ4n) is 3.78. The summed E-state index contributed by atoms with van der Waals surface area (Å²) in [5, 5.41) is 8.94. The quantitative estimate of drug-likeness (QED) is 0.771. The molecule has 0 atom stereocenters. The maximum Gasteiger partial charge on any atom is 0.139 e. The van der Waals surface area contributed by atoms with Crippen molar-refractivity contribution in [2.24, 2.45) is 4.99 Å². The van der Waals surface area contributed by atoms with Gasteiger partial charge in [0.25, 0.3) is 0 Å². The van der Waals surface area contributed by atoms with Crippen LogP contribution in [-0.2, 0) is 0 Å². The highest BCUT2D eigenvalue weighted by Crippen LogP contribution is 2.40. The van der Waals surface area contributed by atoms with Crippen molar-refractivity contribution in [3.63, 3.8) is 0 Å². The minimum Gasteiger partial charge on any atom is -0.338 e. The summed E-state index contributed by atoms with van der Waals surface area (Å²) >= 11 is 0. The number of aliphatic imine (C=N–C) groups is 1. The van der Waals surface area contributed by atoms with Crippen molar-refractivity contribution in [1.82, 2.24) is 25.7 Å². The number of fused-ring (bicyclic) bond motifs is 4. The summed E-state index contributed by atoms with van der Waals surface area (Å²) in [5.74, 6) is 0.823. The average molecular weight is 347 g/mol. The lowest BCUT2D eigenvalue weighted by Gasteiger charge is -2.33. The van der Waals surface area contributed by atoms with E-state index in [1.807, 2.05) is 30.9 Å². The number of hydrogen-bond acceptors (Lipinski definition) is 7. The van der Waals surface area contributed by atoms with Crippen molar-refractivity contribution in [2.45, 2.75) is 18.9 Å². The maximum atomic E-state index is 4.80. The normalized spacial score (nSPS) is 19.3. The van der Waals surface area contributed by atoms with E-state index in [0.717, 1.165) is 60.8 Å². The lowest BCUT2D eigenvalue weighted by Crippen LogP contribution is -2.49. The molecule has 0 aromatic carbocycles. The molecule has 26 heavy (non-hydrogen) atoms. The van der Waals surface area contributed by atoms with Crippen molar-refractivity contribution in [2.75, 3.05) is 25.0 Å². The largest absolute Gasteiger partial charge is 0.338 e. The number of piperidine rings is 1. The summed E-state index contributed by atoms with van der Waals surface area (Å²) in [6, 6.07) is 6.55. The molecule has 1 fully saturated rings. The van der Waals surface area contributed by atoms with Gasteiger partial charge < -0.3 is 10.6 Å². The van der Waals surface area contributed by atoms with E-state index in [9.17, 15) is 0 Å². The molecule has 0 unspecified atom stereocenters. The zero-order valence-electron chi connectivity index (χ0n) is 14.4. The summed E-state index contributed by atoms with van der Waals surface area (Å²) < 4.78 is 0. The van der Waals surface area contributed by atoms with Gasteiger partial charge in [-0.2, -0.15) is 0 Å². The Morgan fingerprint density at radius 2 is 2.04 bits per heavy atom. The predicted molar refractivity (Wildman–Crippen MR) is 103 cm³/mol. The molecule has 132 valence electrons. The van der Waals surface area contributed by atoms with Gasteiger partial charge in [0.15, 0.2) is 0 Å². The Bertz CT molecular complexity index is 883. The number of hydrogen-bond donors (Lipinski definition) is 3. The van der Waals surface area contributed by atoms with E-state index in [0.29, 0.717) is 6.04 Å². The molecule has 5 rings (SSSR count). The monoisotopic (exact) mass is 347 g/mol. The van der Waals surface area contributed by atoms with E-state index in [-0.39, 0.29) is 0 Å². The fourth-order valence-corrected chi connectivity index (χ4v) is 3.78. The molecular weight excluding hydrogens is 326 g/mol. The van der Waals surface area contributed by atoms with Gasteiger partial charge in [-0.3, -0.25) is 9.99 Å². The highest BCUT2D eigenvalue weighted by molar-refractivity contribution is 6.03. The molecule has 7 nitrogen and oxygen atoms in total. The van der Waals surface area contributed by atoms with Crippen LogP contribution in [-0.4, -0.2) is 47.0 Å². The molecule has 5 heterocycles. The molecule has 3 aliphatic heterocycles. The SMILES string of the molecule is C1=NC2=C(CN1NC1CCNCC1)c1ccncc1Nc1ncccc12. The van der Waals surface area contributed by atoms with Gasteiger partial charge in [-0.1, -0.05) is 0 Å². The van der Waals surface area contributed by atoms with Crippen LogP contribution in [0.5, 0.6) is 0 Å². The smallest absolute Gasteiger partial charge is 0.139 e. The number of aromatic nitrogens is 2. The Kier molecular flexibility index (Phi) is 3.88. The van der Waals surface area contributed by atoms with E-state index in [1.54, 1.807) is 6.20 Å². The van der Waals surface area contributed by atoms with Crippen molar-refractivity contribution < 1.29 is 0 Å². The number of rotatable bonds is 2. The highest BCUT2D eigenvalue weighted by atomic mass is 15.5. The zero-order valence-corrected chi connectivity index (χ0v) is 14.4. The molecule has 1 saturated heterocycles. The van der Waals surface area contributed by atoms with Crippen LogP contribution < -0.4 is 16.1 Å². The van der Waals surface area contributed by atoms with Gasteiger partial charge in [0.1, 0.15) is 12.2 Å². The lowest BCUT2D eigenvalue weighted by molar-refractivity contribution is 0.251. The Morgan fingerprint density at radius 1 is 1.12 bits per heavy atom. The molecule has 0 bridgehead atoms. The van der Waals surface area contributed by atoms with Crippen molar-refractivity contribution >= 4 is 29.1 Å². The number of anilines is 2. The van der Waals surface area contributed by atoms with Crippen LogP contribution in [0.25, 0.3) is 11.3 Å². The first-order chi connectivity index (χ1) is 12.9. The van der Waals surface area contributed by atoms with Gasteiger partial charge in [-0.15, -0.1) is 0 Å². The van der Waals surface area contributed by atoms with Crippen LogP contribution in [0.3, 0.4) is 0 Å². The number of nitrogens with zero attached hydrogens (tertiary/aromatic N) is 4. The summed E-state index contributed by atoms with van der Waals surface area (Å²) in [6.45, 7) is 2.89. The number of nitrogens with one attached hydrogen (secondary N) is 3. The van der Waals surface area contributed by atoms with Crippen molar-refractivity contribution in [3.8, 4) is 0 Å². The molecule has 0 saturated carbocycles. The second-order valence-electron chi connectivity index (χ2n) is 6.80. The summed E-state index contributed by atoms with van der Waals surface area (Å²) in [7, 11) is 0. The third-order valence-electron chi connectivity index (χ3n) is 5.09. The summed E-state index contributed by atoms with van der Waals surface area (Å²) in [6.07, 6.45) is 9.65. The average Bonchev–Trinajstić information content (AvgIpc) is 2.83. The predicted octanol–water partition coefficient (Wildman–Crippen LogP) is 2.00. The van der Waals surface area contributed by atoms with E-state index < -0.39 is 0 Å². The van der Waals surface area contributed by atoms with Crippen molar-refractivity contribution in [3.05, 3.63) is 47.9 Å². The molecule has 2 aromatic rings. The first kappa shape index (κ1) is 15.5. The van der Waals surface area contributed by atoms with Crippen molar-refractivity contribution in [1.29, 1.82) is 0 Å². The molecule has 0 radical (unpaired) electrons. The second-order valence-corrected chi connectivity index (χ2v) is 6.80. The number of pyridine rings is 2. The molecule has 3 aliphatic rings. The van der Waals surface area contributed by atoms with Crippen LogP contribution in [0.4, 0.5) is 11.5 Å². The molecule has 2 aromatic heterocycles. The van der Waals surface area contributed by atoms with Gasteiger partial charge in [0.05, 0.1) is 24.1 Å². The van der Waals surface area contributed by atoms with Crippen LogP contribution in [0.15, 0.2) is 41.8 Å². The molecule has 0 amide bonds. The van der Waals surface area contributed by atoms with Crippen LogP contribution in [0.2, 0.25) is 0 Å². The van der Waals surface area contributed by atoms with E-state index >= 15 is 0 Å². The van der Waals surface area contributed by atoms with Gasteiger partial charge in [-0.05, 0) is 44.1 Å². The molecule has 7 heteroatoms. The highest BCUT2D eigenvalue weighted by Gasteiger charge is 2.26. The van der Waals surface area contributed by atoms with E-state index in [1.165, 1.54) is 5.57 Å². The zero-order chi connectivity index (χ0) is 17.3. The van der Waals surface area contributed by atoms with Crippen LogP contribution in [0, 0.1) is 0 Å². The summed E-state index contributed by atoms with van der Waals surface area (Å²) in [5.41, 5.74) is 8.91. The Morgan fingerprint density at radius 3 is 2.96 bits per heavy atom. The van der Waals surface area contributed by atoms with Gasteiger partial charge >= 0.3 is 0 Å². The minimum absolute atomic E-state index is 0.486. The van der Waals surface area contributed by atoms with Crippen LogP contribution in [0.1, 0.15) is 24.0 Å². The Hall–Kier alpha value is -2.77. The first-order valence-corrected chi connectivity index (χ1v) is 9.06. The Balaban J connectivity index is 1.52. The fraction of sp³-hybridized carbons (Fsp3) is 0.316. The van der Waals surface area contributed by atoms with Gasteiger partial charge in [0.2, 0.25) is 0 Å². The van der Waals surface area contributed by atoms with Gasteiger partial charge in [-0.25, -0.2) is 15.4 Å². The van der Waals surface area contributed by atoms with Gasteiger partial charge in [0, 0.05) is 35.1 Å². The molecular formula is C19H21N7. The third kappa shape index (κ3) is 2.75. The maximum absolute atomic E-state index is 4.80. The van der Waals surface area contributed by atoms with Crippen LogP contribution >= 0.6 is 0 Å². The Labute approximate surface area is 152 Å². The molecule has 3 N–H and O–H groups in total. The first-order valence-electron chi connectivity index (χ1n) is 9.06. The minimum atomic E-state index is 0.486. The lowest BCUT2D eigenvalue weighted by atomic mass is 10.00. The third-order valence-corrected chi connectivity index (χ3v) is 5.09. The van der Waals surface area contributed by atoms with E-state index in [2.05, 4.69) is 37.1 Å². The van der Waals surface area contributed by atoms with E-state index in [4.69, 9.17) is 4.99 Å². The second kappa shape index (κ2) is 6.51. The molecule has 0 spiro atoms. The summed E-state index contributed by atoms with van der Waals surface area (Å²) in [4.78, 5) is 13.6. The molecule has 0 aliphatic carbocycles. The number of hydrazine groups is 1.